The van der Waals surface area contributed by atoms with E-state index in [0.29, 0.717) is 10.1 Å². The number of aliphatic hydroxyl groups excluding tert-OH is 4. The molecule has 20 N–H and O–H groups in total. The Balaban J connectivity index is 3.43. The molecule has 0 bridgehead atoms. The summed E-state index contributed by atoms with van der Waals surface area (Å²) in [6, 6.07) is -11.6. The van der Waals surface area contributed by atoms with Crippen molar-refractivity contribution >= 4 is 65.2 Å². The molecule has 362 valence electrons. The second kappa shape index (κ2) is 27.7. The van der Waals surface area contributed by atoms with Gasteiger partial charge >= 0.3 is 11.9 Å². The zero-order valence-electron chi connectivity index (χ0n) is 34.6. The first-order chi connectivity index (χ1) is 29.9. The predicted octanol–water partition coefficient (Wildman–Crippen LogP) is -9.04. The first-order valence-corrected chi connectivity index (χ1v) is 19.6. The van der Waals surface area contributed by atoms with Crippen LogP contribution in [0.1, 0.15) is 58.3 Å². The molecular weight excluding hydrogens is 864 g/mol. The largest absolute Gasteiger partial charge is 0.479 e. The number of carboxylic acid groups (broad SMARTS) is 2. The highest BCUT2D eigenvalue weighted by Gasteiger charge is 2.40. The third-order valence-corrected chi connectivity index (χ3v) is 9.24. The molecule has 8 amide bonds. The number of guanidine groups is 1. The summed E-state index contributed by atoms with van der Waals surface area (Å²) in [5.41, 5.74) is 15.9. The Hall–Kier alpha value is -6.31. The molecule has 0 aromatic rings. The van der Waals surface area contributed by atoms with Gasteiger partial charge in [0.2, 0.25) is 41.4 Å². The van der Waals surface area contributed by atoms with Crippen molar-refractivity contribution < 1.29 is 89.0 Å². The summed E-state index contributed by atoms with van der Waals surface area (Å²) in [7, 11) is 0. The average Bonchev–Trinajstić information content (AvgIpc) is 3.23. The van der Waals surface area contributed by atoms with Crippen LogP contribution in [-0.2, 0) is 47.9 Å². The monoisotopic (exact) mass is 922 g/mol. The Morgan fingerprint density at radius 2 is 1.30 bits per heavy atom. The summed E-state index contributed by atoms with van der Waals surface area (Å²) < 4.78 is 0. The van der Waals surface area contributed by atoms with E-state index in [-0.39, 0.29) is 64.1 Å². The van der Waals surface area contributed by atoms with E-state index >= 15 is 0 Å². The van der Waals surface area contributed by atoms with E-state index in [9.17, 15) is 89.0 Å². The molecule has 1 heterocycles. The Kier molecular flexibility index (Phi) is 24.1. The maximum absolute atomic E-state index is 13.7. The standard InChI is InChI=1S/C34H58N12O18/c1-15(48)45(63)10-4-7-18(26(53)41-19-8-5-11-46(64)31(19)58)39-28(55)20(14-47)42-30(57)23(25(52)33(61)62)44-27(54)17(6-2-3-9-38-34(36)37)40-29(56)22(24(51)32(59)60)43-21(50)12-16(49)13-35/h16-20,22-25,47,49,51-52,63-64H,2-14,35H2,1H3,(H,39,55)(H,40,56)(H,41,53)(H,42,57)(H,43,50)(H,44,54)(H,59,60)(H,61,62)(H4,36,37,38)/t16-,17-,18+,19-,20+,22+,23-,24+,25-/m1/s1. The van der Waals surface area contributed by atoms with Crippen LogP contribution in [0.15, 0.2) is 4.99 Å². The van der Waals surface area contributed by atoms with Crippen molar-refractivity contribution in [3.05, 3.63) is 0 Å². The number of nitrogens with one attached hydrogen (secondary N) is 6. The summed E-state index contributed by atoms with van der Waals surface area (Å²) in [5, 5.41) is 92.1. The van der Waals surface area contributed by atoms with Crippen molar-refractivity contribution in [3.63, 3.8) is 0 Å². The van der Waals surface area contributed by atoms with Crippen LogP contribution in [0.2, 0.25) is 0 Å². The number of carbonyl (C=O) groups excluding carboxylic acids is 8. The van der Waals surface area contributed by atoms with E-state index in [1.54, 1.807) is 0 Å². The molecule has 1 aliphatic rings. The fourth-order valence-corrected chi connectivity index (χ4v) is 5.71. The van der Waals surface area contributed by atoms with Gasteiger partial charge in [0.05, 0.1) is 19.1 Å². The lowest BCUT2D eigenvalue weighted by molar-refractivity contribution is -0.173. The molecule has 0 spiro atoms. The van der Waals surface area contributed by atoms with Crippen LogP contribution >= 0.6 is 0 Å². The minimum absolute atomic E-state index is 0.0152. The number of rotatable bonds is 28. The van der Waals surface area contributed by atoms with Crippen molar-refractivity contribution in [2.24, 2.45) is 22.2 Å². The first-order valence-electron chi connectivity index (χ1n) is 19.6. The van der Waals surface area contributed by atoms with Crippen LogP contribution in [-0.4, -0.2) is 204 Å². The number of aliphatic carboxylic acids is 2. The Morgan fingerprint density at radius 1 is 0.781 bits per heavy atom. The van der Waals surface area contributed by atoms with Gasteiger partial charge in [-0.05, 0) is 44.9 Å². The van der Waals surface area contributed by atoms with Gasteiger partial charge in [-0.2, -0.15) is 0 Å². The number of amides is 8. The SMILES string of the molecule is CC(=O)N(O)CCC[C@H](NC(=O)[C@H](CO)NC(=O)[C@H](NC(=O)[C@@H](CCCCN=C(N)N)NC(=O)[C@@H](NC(=O)C[C@@H](O)CN)[C@H](O)C(=O)O)[C@@H](O)C(=O)O)C(=O)N[C@@H]1CCCN(O)C1=O. The first kappa shape index (κ1) is 55.7. The van der Waals surface area contributed by atoms with E-state index in [0.717, 1.165) is 6.92 Å². The van der Waals surface area contributed by atoms with E-state index in [1.165, 1.54) is 0 Å². The van der Waals surface area contributed by atoms with Crippen LogP contribution in [0.3, 0.4) is 0 Å². The van der Waals surface area contributed by atoms with E-state index < -0.39 is 140 Å². The number of hydroxylamine groups is 4. The van der Waals surface area contributed by atoms with Crippen molar-refractivity contribution in [3.8, 4) is 0 Å². The third kappa shape index (κ3) is 19.0. The minimum Gasteiger partial charge on any atom is -0.479 e. The summed E-state index contributed by atoms with van der Waals surface area (Å²) in [5.74, 6) is -14.2. The molecule has 0 aliphatic carbocycles. The molecule has 1 fully saturated rings. The summed E-state index contributed by atoms with van der Waals surface area (Å²) in [4.78, 5) is 131. The average molecular weight is 923 g/mol. The Bertz CT molecular complexity index is 1700. The van der Waals surface area contributed by atoms with Crippen molar-refractivity contribution in [2.45, 2.75) is 113 Å². The van der Waals surface area contributed by atoms with Gasteiger partial charge < -0.3 is 79.7 Å². The third-order valence-electron chi connectivity index (χ3n) is 9.24. The van der Waals surface area contributed by atoms with Crippen molar-refractivity contribution in [1.82, 2.24) is 42.0 Å². The molecule has 0 unspecified atom stereocenters. The maximum atomic E-state index is 13.7. The number of nitrogens with zero attached hydrogens (tertiary/aromatic N) is 3. The molecule has 0 radical (unpaired) electrons. The summed E-state index contributed by atoms with van der Waals surface area (Å²) >= 11 is 0. The van der Waals surface area contributed by atoms with Crippen LogP contribution in [0.4, 0.5) is 0 Å². The maximum Gasteiger partial charge on any atom is 0.335 e. The van der Waals surface area contributed by atoms with Gasteiger partial charge in [-0.3, -0.25) is 53.8 Å². The molecule has 1 saturated heterocycles. The number of carboxylic acids is 2. The molecular formula is C34H58N12O18. The van der Waals surface area contributed by atoms with Crippen molar-refractivity contribution in [2.75, 3.05) is 32.8 Å². The number of carbonyl (C=O) groups is 10. The normalized spacial score (nSPS) is 17.3. The molecule has 30 nitrogen and oxygen atoms in total. The van der Waals surface area contributed by atoms with Crippen LogP contribution < -0.4 is 49.1 Å². The summed E-state index contributed by atoms with van der Waals surface area (Å²) in [6.07, 6.45) is -8.09. The lowest BCUT2D eigenvalue weighted by atomic mass is 10.0. The van der Waals surface area contributed by atoms with E-state index in [1.807, 2.05) is 16.0 Å². The topological polar surface area (TPSA) is 502 Å². The summed E-state index contributed by atoms with van der Waals surface area (Å²) in [6.45, 7) is -1.03. The van der Waals surface area contributed by atoms with Crippen LogP contribution in [0, 0.1) is 0 Å². The van der Waals surface area contributed by atoms with Gasteiger partial charge in [-0.15, -0.1) is 0 Å². The quantitative estimate of drug-likeness (QED) is 0.0114. The highest BCUT2D eigenvalue weighted by molar-refractivity contribution is 5.99. The van der Waals surface area contributed by atoms with Gasteiger partial charge in [0.1, 0.15) is 36.3 Å². The van der Waals surface area contributed by atoms with Gasteiger partial charge in [0.15, 0.2) is 18.2 Å². The molecule has 0 aromatic carbocycles. The van der Waals surface area contributed by atoms with Gasteiger partial charge in [-0.1, -0.05) is 0 Å². The molecule has 0 saturated carbocycles. The minimum atomic E-state index is -2.81. The lowest BCUT2D eigenvalue weighted by Crippen LogP contribution is -2.64. The Labute approximate surface area is 363 Å². The number of piperidine rings is 1. The van der Waals surface area contributed by atoms with Gasteiger partial charge in [0, 0.05) is 33.1 Å². The number of hydrogen-bond donors (Lipinski definition) is 17. The van der Waals surface area contributed by atoms with Gasteiger partial charge in [0.25, 0.3) is 5.91 Å². The zero-order chi connectivity index (χ0) is 48.8. The zero-order valence-corrected chi connectivity index (χ0v) is 34.6. The second-order valence-corrected chi connectivity index (χ2v) is 14.3. The molecule has 1 rings (SSSR count). The molecule has 0 aromatic heterocycles. The number of hydrogen-bond acceptors (Lipinski definition) is 18. The lowest BCUT2D eigenvalue weighted by Gasteiger charge is -2.30. The Morgan fingerprint density at radius 3 is 1.83 bits per heavy atom. The molecule has 1 aliphatic heterocycles. The number of nitrogens with two attached hydrogens (primary N) is 3. The smallest absolute Gasteiger partial charge is 0.335 e. The van der Waals surface area contributed by atoms with Gasteiger partial charge in [-0.25, -0.2) is 19.7 Å². The van der Waals surface area contributed by atoms with Crippen LogP contribution in [0.25, 0.3) is 0 Å². The fraction of sp³-hybridized carbons (Fsp3) is 0.676. The fourth-order valence-electron chi connectivity index (χ4n) is 5.71. The number of unbranched alkanes of at least 4 members (excludes halogenated alkanes) is 1. The number of aliphatic hydroxyl groups is 4. The van der Waals surface area contributed by atoms with E-state index in [2.05, 4.69) is 20.9 Å². The molecule has 30 heteroatoms. The number of aliphatic imine (C=N–C) groups is 1. The van der Waals surface area contributed by atoms with Crippen LogP contribution in [0.5, 0.6) is 0 Å². The molecule has 64 heavy (non-hydrogen) atoms. The predicted molar refractivity (Wildman–Crippen MR) is 211 cm³/mol. The highest BCUT2D eigenvalue weighted by Crippen LogP contribution is 2.12. The highest BCUT2D eigenvalue weighted by atomic mass is 16.5. The second-order valence-electron chi connectivity index (χ2n) is 14.3. The van der Waals surface area contributed by atoms with E-state index in [4.69, 9.17) is 17.2 Å². The molecule has 9 atom stereocenters. The van der Waals surface area contributed by atoms with Crippen molar-refractivity contribution in [1.29, 1.82) is 0 Å².